The number of hydrogen-bond donors (Lipinski definition) is 0. The van der Waals surface area contributed by atoms with E-state index in [1.54, 1.807) is 0 Å². The summed E-state index contributed by atoms with van der Waals surface area (Å²) in [6, 6.07) is 6.23. The molecule has 1 aromatic carbocycles. The van der Waals surface area contributed by atoms with E-state index in [9.17, 15) is 0 Å². The SMILES string of the molecule is CC(CCCl)c1cc(Br)ccc1Br. The van der Waals surface area contributed by atoms with Crippen LogP contribution < -0.4 is 0 Å². The summed E-state index contributed by atoms with van der Waals surface area (Å²) in [6.07, 6.45) is 1.01. The first kappa shape index (κ1) is 11.5. The summed E-state index contributed by atoms with van der Waals surface area (Å²) in [5.74, 6) is 1.21. The number of hydrogen-bond acceptors (Lipinski definition) is 0. The van der Waals surface area contributed by atoms with E-state index in [-0.39, 0.29) is 0 Å². The molecular formula is C10H11Br2Cl. The van der Waals surface area contributed by atoms with Gasteiger partial charge >= 0.3 is 0 Å². The Morgan fingerprint density at radius 2 is 2.08 bits per heavy atom. The van der Waals surface area contributed by atoms with Crippen LogP contribution in [-0.2, 0) is 0 Å². The molecule has 0 saturated heterocycles. The monoisotopic (exact) mass is 324 g/mol. The second-order valence-electron chi connectivity index (χ2n) is 3.04. The molecule has 0 radical (unpaired) electrons. The predicted molar refractivity (Wildman–Crippen MR) is 65.6 cm³/mol. The molecule has 13 heavy (non-hydrogen) atoms. The largest absolute Gasteiger partial charge is 0.127 e. The Hall–Kier alpha value is 0.470. The van der Waals surface area contributed by atoms with Crippen LogP contribution in [-0.4, -0.2) is 5.88 Å². The standard InChI is InChI=1S/C10H11Br2Cl/c1-7(4-5-13)9-6-8(11)2-3-10(9)12/h2-3,6-7H,4-5H2,1H3. The fourth-order valence-electron chi connectivity index (χ4n) is 1.21. The summed E-state index contributed by atoms with van der Waals surface area (Å²) in [4.78, 5) is 0. The van der Waals surface area contributed by atoms with Gasteiger partial charge in [0.1, 0.15) is 0 Å². The Morgan fingerprint density at radius 1 is 1.38 bits per heavy atom. The maximum Gasteiger partial charge on any atom is 0.0229 e. The van der Waals surface area contributed by atoms with Gasteiger partial charge in [-0.25, -0.2) is 0 Å². The Morgan fingerprint density at radius 3 is 2.69 bits per heavy atom. The summed E-state index contributed by atoms with van der Waals surface area (Å²) in [6.45, 7) is 2.19. The lowest BCUT2D eigenvalue weighted by Crippen LogP contribution is -1.95. The molecule has 0 aliphatic carbocycles. The van der Waals surface area contributed by atoms with Crippen molar-refractivity contribution in [2.45, 2.75) is 19.3 Å². The van der Waals surface area contributed by atoms with Crippen LogP contribution >= 0.6 is 43.5 Å². The molecule has 0 nitrogen and oxygen atoms in total. The smallest absolute Gasteiger partial charge is 0.0229 e. The Labute approximate surface area is 101 Å². The second-order valence-corrected chi connectivity index (χ2v) is 5.19. The highest BCUT2D eigenvalue weighted by molar-refractivity contribution is 9.11. The summed E-state index contributed by atoms with van der Waals surface area (Å²) in [5, 5.41) is 0. The molecule has 0 aromatic heterocycles. The van der Waals surface area contributed by atoms with Crippen LogP contribution in [0.2, 0.25) is 0 Å². The zero-order valence-corrected chi connectivity index (χ0v) is 11.3. The topological polar surface area (TPSA) is 0 Å². The molecular weight excluding hydrogens is 315 g/mol. The Bertz CT molecular complexity index is 286. The maximum absolute atomic E-state index is 5.71. The summed E-state index contributed by atoms with van der Waals surface area (Å²) >= 11 is 12.7. The Kier molecular flexibility index (Phi) is 4.77. The lowest BCUT2D eigenvalue weighted by molar-refractivity contribution is 0.734. The van der Waals surface area contributed by atoms with Crippen molar-refractivity contribution in [2.75, 3.05) is 5.88 Å². The van der Waals surface area contributed by atoms with E-state index in [4.69, 9.17) is 11.6 Å². The molecule has 72 valence electrons. The molecule has 1 rings (SSSR count). The average Bonchev–Trinajstić information content (AvgIpc) is 2.09. The molecule has 0 fully saturated rings. The molecule has 0 N–H and O–H groups in total. The molecule has 0 heterocycles. The number of rotatable bonds is 3. The van der Waals surface area contributed by atoms with E-state index in [0.29, 0.717) is 11.8 Å². The van der Waals surface area contributed by atoms with Crippen LogP contribution in [0.5, 0.6) is 0 Å². The fourth-order valence-corrected chi connectivity index (χ4v) is 2.55. The van der Waals surface area contributed by atoms with Crippen molar-refractivity contribution in [1.29, 1.82) is 0 Å². The molecule has 0 saturated carbocycles. The number of halogens is 3. The van der Waals surface area contributed by atoms with E-state index >= 15 is 0 Å². The third kappa shape index (κ3) is 3.26. The van der Waals surface area contributed by atoms with Crippen LogP contribution in [0.4, 0.5) is 0 Å². The van der Waals surface area contributed by atoms with Crippen molar-refractivity contribution < 1.29 is 0 Å². The van der Waals surface area contributed by atoms with Crippen LogP contribution in [0.3, 0.4) is 0 Å². The van der Waals surface area contributed by atoms with Crippen molar-refractivity contribution >= 4 is 43.5 Å². The van der Waals surface area contributed by atoms with Crippen molar-refractivity contribution in [1.82, 2.24) is 0 Å². The summed E-state index contributed by atoms with van der Waals surface area (Å²) < 4.78 is 2.28. The number of benzene rings is 1. The second kappa shape index (κ2) is 5.38. The first-order chi connectivity index (χ1) is 6.15. The summed E-state index contributed by atoms with van der Waals surface area (Å²) in [7, 11) is 0. The van der Waals surface area contributed by atoms with Gasteiger partial charge < -0.3 is 0 Å². The first-order valence-electron chi connectivity index (χ1n) is 4.16. The highest BCUT2D eigenvalue weighted by atomic mass is 79.9. The van der Waals surface area contributed by atoms with Gasteiger partial charge in [-0.1, -0.05) is 38.8 Å². The molecule has 0 spiro atoms. The number of alkyl halides is 1. The minimum Gasteiger partial charge on any atom is -0.127 e. The van der Waals surface area contributed by atoms with E-state index in [0.717, 1.165) is 15.4 Å². The van der Waals surface area contributed by atoms with E-state index in [2.05, 4.69) is 50.9 Å². The van der Waals surface area contributed by atoms with Crippen molar-refractivity contribution in [3.63, 3.8) is 0 Å². The van der Waals surface area contributed by atoms with Crippen LogP contribution in [0.1, 0.15) is 24.8 Å². The average molecular weight is 326 g/mol. The quantitative estimate of drug-likeness (QED) is 0.690. The molecule has 3 heteroatoms. The molecule has 0 bridgehead atoms. The van der Waals surface area contributed by atoms with Gasteiger partial charge in [0.25, 0.3) is 0 Å². The highest BCUT2D eigenvalue weighted by Crippen LogP contribution is 2.29. The molecule has 0 aliphatic heterocycles. The molecule has 0 amide bonds. The van der Waals surface area contributed by atoms with Gasteiger partial charge in [0.15, 0.2) is 0 Å². The summed E-state index contributed by atoms with van der Waals surface area (Å²) in [5.41, 5.74) is 1.31. The molecule has 0 aliphatic rings. The zero-order valence-electron chi connectivity index (χ0n) is 7.36. The minimum atomic E-state index is 0.504. The van der Waals surface area contributed by atoms with Gasteiger partial charge in [-0.05, 0) is 36.1 Å². The van der Waals surface area contributed by atoms with Crippen molar-refractivity contribution in [3.8, 4) is 0 Å². The third-order valence-electron chi connectivity index (χ3n) is 2.03. The van der Waals surface area contributed by atoms with Crippen LogP contribution in [0.25, 0.3) is 0 Å². The van der Waals surface area contributed by atoms with Gasteiger partial charge in [0.2, 0.25) is 0 Å². The van der Waals surface area contributed by atoms with E-state index in [1.807, 2.05) is 6.07 Å². The van der Waals surface area contributed by atoms with Gasteiger partial charge in [-0.2, -0.15) is 0 Å². The van der Waals surface area contributed by atoms with Gasteiger partial charge in [-0.15, -0.1) is 11.6 Å². The lowest BCUT2D eigenvalue weighted by atomic mass is 9.99. The van der Waals surface area contributed by atoms with E-state index in [1.165, 1.54) is 5.56 Å². The van der Waals surface area contributed by atoms with Crippen LogP contribution in [0.15, 0.2) is 27.1 Å². The van der Waals surface area contributed by atoms with Gasteiger partial charge in [0.05, 0.1) is 0 Å². The van der Waals surface area contributed by atoms with Crippen molar-refractivity contribution in [2.24, 2.45) is 0 Å². The maximum atomic E-state index is 5.71. The van der Waals surface area contributed by atoms with Gasteiger partial charge in [0, 0.05) is 14.8 Å². The normalized spacial score (nSPS) is 12.9. The highest BCUT2D eigenvalue weighted by Gasteiger charge is 2.08. The zero-order chi connectivity index (χ0) is 9.84. The first-order valence-corrected chi connectivity index (χ1v) is 6.28. The van der Waals surface area contributed by atoms with Crippen molar-refractivity contribution in [3.05, 3.63) is 32.7 Å². The molecule has 1 unspecified atom stereocenters. The Balaban J connectivity index is 2.91. The molecule has 1 atom stereocenters. The van der Waals surface area contributed by atoms with Gasteiger partial charge in [-0.3, -0.25) is 0 Å². The molecule has 1 aromatic rings. The lowest BCUT2D eigenvalue weighted by Gasteiger charge is -2.12. The fraction of sp³-hybridized carbons (Fsp3) is 0.400. The predicted octanol–water partition coefficient (Wildman–Crippen LogP) is 4.94. The van der Waals surface area contributed by atoms with Crippen LogP contribution in [0, 0.1) is 0 Å². The third-order valence-corrected chi connectivity index (χ3v) is 3.46. The van der Waals surface area contributed by atoms with E-state index < -0.39 is 0 Å². The minimum absolute atomic E-state index is 0.504.